The van der Waals surface area contributed by atoms with E-state index in [1.807, 2.05) is 29.8 Å². The highest BCUT2D eigenvalue weighted by atomic mass is 35.5. The molecule has 80 valence electrons. The van der Waals surface area contributed by atoms with Crippen molar-refractivity contribution in [1.82, 2.24) is 14.5 Å². The summed E-state index contributed by atoms with van der Waals surface area (Å²) in [6.45, 7) is 0. The molecule has 0 fully saturated rings. The summed E-state index contributed by atoms with van der Waals surface area (Å²) in [6, 6.07) is 5.69. The fraction of sp³-hybridized carbons (Fsp3) is 0.0909. The Morgan fingerprint density at radius 2 is 2.00 bits per heavy atom. The molecule has 0 amide bonds. The molecule has 0 saturated heterocycles. The molecule has 0 unspecified atom stereocenters. The average molecular weight is 252 g/mol. The molecule has 2 heterocycles. The summed E-state index contributed by atoms with van der Waals surface area (Å²) >= 11 is 12.0. The van der Waals surface area contributed by atoms with Crippen LogP contribution in [-0.2, 0) is 7.05 Å². The topological polar surface area (TPSA) is 30.7 Å². The second-order valence-corrected chi connectivity index (χ2v) is 4.38. The Hall–Kier alpha value is -1.32. The predicted molar refractivity (Wildman–Crippen MR) is 66.0 cm³/mol. The summed E-state index contributed by atoms with van der Waals surface area (Å²) in [4.78, 5) is 8.25. The highest BCUT2D eigenvalue weighted by molar-refractivity contribution is 6.35. The Morgan fingerprint density at radius 1 is 1.19 bits per heavy atom. The lowest BCUT2D eigenvalue weighted by atomic mass is 10.2. The van der Waals surface area contributed by atoms with Crippen molar-refractivity contribution < 1.29 is 0 Å². The zero-order valence-electron chi connectivity index (χ0n) is 8.41. The van der Waals surface area contributed by atoms with Gasteiger partial charge in [0.1, 0.15) is 17.4 Å². The first kappa shape index (κ1) is 9.87. The third-order valence-electron chi connectivity index (χ3n) is 2.69. The van der Waals surface area contributed by atoms with Gasteiger partial charge in [0.25, 0.3) is 0 Å². The van der Waals surface area contributed by atoms with Gasteiger partial charge in [-0.05, 0) is 18.2 Å². The van der Waals surface area contributed by atoms with Gasteiger partial charge in [0.2, 0.25) is 0 Å². The Kier molecular flexibility index (Phi) is 2.06. The Bertz CT molecular complexity index is 703. The van der Waals surface area contributed by atoms with Gasteiger partial charge < -0.3 is 4.57 Å². The van der Waals surface area contributed by atoms with Crippen LogP contribution in [0.1, 0.15) is 0 Å². The first-order chi connectivity index (χ1) is 7.68. The molecule has 2 aromatic heterocycles. The van der Waals surface area contributed by atoms with Crippen LogP contribution in [0.2, 0.25) is 10.2 Å². The first-order valence-electron chi connectivity index (χ1n) is 4.72. The molecule has 0 radical (unpaired) electrons. The van der Waals surface area contributed by atoms with E-state index in [1.165, 1.54) is 6.33 Å². The normalized spacial score (nSPS) is 11.4. The van der Waals surface area contributed by atoms with Crippen LogP contribution in [-0.4, -0.2) is 14.5 Å². The van der Waals surface area contributed by atoms with Gasteiger partial charge in [0.15, 0.2) is 5.15 Å². The van der Waals surface area contributed by atoms with Gasteiger partial charge in [-0.1, -0.05) is 23.2 Å². The number of benzene rings is 1. The number of aryl methyl sites for hydroxylation is 1. The lowest BCUT2D eigenvalue weighted by molar-refractivity contribution is 1.00. The maximum atomic E-state index is 6.07. The van der Waals surface area contributed by atoms with Gasteiger partial charge in [0.05, 0.1) is 5.52 Å². The molecule has 1 aromatic carbocycles. The van der Waals surface area contributed by atoms with E-state index in [0.29, 0.717) is 10.2 Å². The lowest BCUT2D eigenvalue weighted by Gasteiger charge is -1.98. The van der Waals surface area contributed by atoms with Crippen molar-refractivity contribution in [3.05, 3.63) is 34.7 Å². The van der Waals surface area contributed by atoms with Crippen LogP contribution in [0, 0.1) is 0 Å². The largest absolute Gasteiger partial charge is 0.340 e. The Labute approximate surface area is 102 Å². The summed E-state index contributed by atoms with van der Waals surface area (Å²) < 4.78 is 1.96. The van der Waals surface area contributed by atoms with Crippen molar-refractivity contribution in [3.63, 3.8) is 0 Å². The lowest BCUT2D eigenvalue weighted by Crippen LogP contribution is -1.89. The molecule has 0 saturated carbocycles. The van der Waals surface area contributed by atoms with Crippen molar-refractivity contribution in [2.24, 2.45) is 7.05 Å². The number of halogens is 2. The van der Waals surface area contributed by atoms with E-state index in [0.717, 1.165) is 21.9 Å². The monoisotopic (exact) mass is 251 g/mol. The predicted octanol–water partition coefficient (Wildman–Crippen LogP) is 3.43. The van der Waals surface area contributed by atoms with E-state index in [1.54, 1.807) is 0 Å². The summed E-state index contributed by atoms with van der Waals surface area (Å²) in [5.41, 5.74) is 2.69. The molecule has 0 aliphatic heterocycles. The number of fused-ring (bicyclic) bond motifs is 3. The summed E-state index contributed by atoms with van der Waals surface area (Å²) in [5.74, 6) is 0. The molecule has 0 bridgehead atoms. The molecule has 0 aliphatic carbocycles. The van der Waals surface area contributed by atoms with Crippen LogP contribution in [0.4, 0.5) is 0 Å². The minimum Gasteiger partial charge on any atom is -0.340 e. The third-order valence-corrected chi connectivity index (χ3v) is 3.20. The number of rotatable bonds is 0. The molecule has 3 aromatic rings. The number of nitrogens with zero attached hydrogens (tertiary/aromatic N) is 3. The van der Waals surface area contributed by atoms with Crippen LogP contribution in [0.3, 0.4) is 0 Å². The highest BCUT2D eigenvalue weighted by Gasteiger charge is 2.12. The van der Waals surface area contributed by atoms with Crippen LogP contribution >= 0.6 is 23.2 Å². The van der Waals surface area contributed by atoms with E-state index < -0.39 is 0 Å². The summed E-state index contributed by atoms with van der Waals surface area (Å²) in [5, 5.41) is 2.19. The van der Waals surface area contributed by atoms with Crippen LogP contribution in [0.25, 0.3) is 21.9 Å². The smallest absolute Gasteiger partial charge is 0.156 e. The summed E-state index contributed by atoms with van der Waals surface area (Å²) in [7, 11) is 1.93. The molecule has 3 nitrogen and oxygen atoms in total. The van der Waals surface area contributed by atoms with Gasteiger partial charge in [-0.3, -0.25) is 0 Å². The summed E-state index contributed by atoms with van der Waals surface area (Å²) in [6.07, 6.45) is 1.47. The van der Waals surface area contributed by atoms with E-state index >= 15 is 0 Å². The number of hydrogen-bond acceptors (Lipinski definition) is 2. The molecule has 0 aliphatic rings. The second-order valence-electron chi connectivity index (χ2n) is 3.58. The van der Waals surface area contributed by atoms with Crippen molar-refractivity contribution in [3.8, 4) is 0 Å². The first-order valence-corrected chi connectivity index (χ1v) is 5.48. The van der Waals surface area contributed by atoms with Gasteiger partial charge in [0, 0.05) is 17.5 Å². The Morgan fingerprint density at radius 3 is 2.81 bits per heavy atom. The van der Waals surface area contributed by atoms with Gasteiger partial charge >= 0.3 is 0 Å². The quantitative estimate of drug-likeness (QED) is 0.574. The zero-order chi connectivity index (χ0) is 11.3. The second kappa shape index (κ2) is 3.34. The molecular formula is C11H7Cl2N3. The minimum atomic E-state index is 0.458. The molecule has 3 rings (SSSR count). The Balaban J connectivity index is 2.64. The maximum Gasteiger partial charge on any atom is 0.156 e. The molecule has 0 atom stereocenters. The van der Waals surface area contributed by atoms with Gasteiger partial charge in [-0.25, -0.2) is 9.97 Å². The standard InChI is InChI=1S/C11H7Cl2N3/c1-16-8-4-6(12)2-3-7(8)9-10(16)11(13)15-5-14-9/h2-5H,1H3. The zero-order valence-corrected chi connectivity index (χ0v) is 9.92. The van der Waals surface area contributed by atoms with Crippen molar-refractivity contribution in [2.45, 2.75) is 0 Å². The molecular weight excluding hydrogens is 245 g/mol. The van der Waals surface area contributed by atoms with Crippen molar-refractivity contribution >= 4 is 45.1 Å². The fourth-order valence-electron chi connectivity index (χ4n) is 1.95. The third kappa shape index (κ3) is 1.22. The van der Waals surface area contributed by atoms with Crippen LogP contribution in [0.15, 0.2) is 24.5 Å². The SMILES string of the molecule is Cn1c2cc(Cl)ccc2c2ncnc(Cl)c21. The van der Waals surface area contributed by atoms with Crippen molar-refractivity contribution in [1.29, 1.82) is 0 Å². The molecule has 0 spiro atoms. The minimum absolute atomic E-state index is 0.458. The van der Waals surface area contributed by atoms with E-state index in [9.17, 15) is 0 Å². The number of hydrogen-bond donors (Lipinski definition) is 0. The van der Waals surface area contributed by atoms with Gasteiger partial charge in [-0.15, -0.1) is 0 Å². The molecule has 0 N–H and O–H groups in total. The van der Waals surface area contributed by atoms with E-state index in [2.05, 4.69) is 9.97 Å². The van der Waals surface area contributed by atoms with E-state index in [4.69, 9.17) is 23.2 Å². The molecule has 16 heavy (non-hydrogen) atoms. The van der Waals surface area contributed by atoms with E-state index in [-0.39, 0.29) is 0 Å². The van der Waals surface area contributed by atoms with Crippen LogP contribution < -0.4 is 0 Å². The number of aromatic nitrogens is 3. The van der Waals surface area contributed by atoms with Gasteiger partial charge in [-0.2, -0.15) is 0 Å². The fourth-order valence-corrected chi connectivity index (χ4v) is 2.38. The average Bonchev–Trinajstić information content (AvgIpc) is 2.54. The van der Waals surface area contributed by atoms with Crippen LogP contribution in [0.5, 0.6) is 0 Å². The molecule has 5 heteroatoms. The maximum absolute atomic E-state index is 6.07. The highest BCUT2D eigenvalue weighted by Crippen LogP contribution is 2.31. The van der Waals surface area contributed by atoms with Crippen molar-refractivity contribution in [2.75, 3.05) is 0 Å².